The van der Waals surface area contributed by atoms with Crippen molar-refractivity contribution >= 4 is 0 Å². The summed E-state index contributed by atoms with van der Waals surface area (Å²) in [7, 11) is 0. The average Bonchev–Trinajstić information content (AvgIpc) is 2.02. The number of aliphatic hydroxyl groups excluding tert-OH is 1. The molecule has 0 amide bonds. The second-order valence-corrected chi connectivity index (χ2v) is 1.72. The number of nitrogens with one attached hydrogen (secondary N) is 1. The molecule has 0 spiro atoms. The van der Waals surface area contributed by atoms with Crippen molar-refractivity contribution in [2.45, 2.75) is 6.92 Å². The fourth-order valence-electron chi connectivity index (χ4n) is 0.406. The Morgan fingerprint density at radius 3 is 2.50 bits per heavy atom. The molecule has 0 saturated heterocycles. The first-order valence-corrected chi connectivity index (χ1v) is 3.21. The van der Waals surface area contributed by atoms with Crippen molar-refractivity contribution in [3.05, 3.63) is 33.1 Å². The van der Waals surface area contributed by atoms with E-state index in [9.17, 15) is 14.1 Å². The zero-order valence-electron chi connectivity index (χ0n) is 6.45. The second kappa shape index (κ2) is 5.25. The van der Waals surface area contributed by atoms with Gasteiger partial charge in [-0.2, -0.15) is 0 Å². The molecule has 0 fully saturated rings. The van der Waals surface area contributed by atoms with Crippen LogP contribution in [0, 0.1) is 0 Å². The SMILES string of the molecule is CCO.O=c1cc[nH]c(=O)n1F. The molecule has 2 N–H and O–H groups in total. The number of H-pyrrole nitrogens is 1. The van der Waals surface area contributed by atoms with Crippen LogP contribution < -0.4 is 11.2 Å². The van der Waals surface area contributed by atoms with Crippen LogP contribution in [-0.2, 0) is 0 Å². The van der Waals surface area contributed by atoms with Crippen LogP contribution in [0.25, 0.3) is 0 Å². The smallest absolute Gasteiger partial charge is 0.357 e. The number of aromatic nitrogens is 2. The van der Waals surface area contributed by atoms with Gasteiger partial charge >= 0.3 is 5.69 Å². The Balaban J connectivity index is 0.000000354. The van der Waals surface area contributed by atoms with E-state index >= 15 is 0 Å². The summed E-state index contributed by atoms with van der Waals surface area (Å²) in [4.78, 5) is 21.9. The largest absolute Gasteiger partial charge is 0.397 e. The maximum absolute atomic E-state index is 12.0. The second-order valence-electron chi connectivity index (χ2n) is 1.72. The number of rotatable bonds is 0. The van der Waals surface area contributed by atoms with Crippen LogP contribution in [0.2, 0.25) is 0 Å². The third kappa shape index (κ3) is 3.11. The predicted molar refractivity (Wildman–Crippen MR) is 40.6 cm³/mol. The molecule has 0 unspecified atom stereocenters. The zero-order chi connectivity index (χ0) is 9.56. The van der Waals surface area contributed by atoms with E-state index in [2.05, 4.69) is 0 Å². The quantitative estimate of drug-likeness (QED) is 0.547. The summed E-state index contributed by atoms with van der Waals surface area (Å²) in [5.74, 6) is 0. The molecule has 12 heavy (non-hydrogen) atoms. The van der Waals surface area contributed by atoms with Crippen molar-refractivity contribution in [3.63, 3.8) is 0 Å². The molecule has 0 radical (unpaired) electrons. The molecule has 0 aliphatic heterocycles. The molecule has 1 aromatic heterocycles. The summed E-state index contributed by atoms with van der Waals surface area (Å²) in [6.07, 6.45) is 1.08. The highest BCUT2D eigenvalue weighted by Gasteiger charge is 1.93. The van der Waals surface area contributed by atoms with E-state index in [1.807, 2.05) is 4.98 Å². The topological polar surface area (TPSA) is 75.1 Å². The number of hydrogen-bond donors (Lipinski definition) is 2. The van der Waals surface area contributed by atoms with Crippen LogP contribution in [0.15, 0.2) is 21.9 Å². The maximum atomic E-state index is 12.0. The Labute approximate surface area is 67.0 Å². The van der Waals surface area contributed by atoms with E-state index < -0.39 is 16.0 Å². The van der Waals surface area contributed by atoms with Crippen molar-refractivity contribution in [1.29, 1.82) is 0 Å². The van der Waals surface area contributed by atoms with Crippen LogP contribution in [0.1, 0.15) is 6.92 Å². The molecule has 0 aromatic carbocycles. The Kier molecular flexibility index (Phi) is 4.62. The molecule has 0 atom stereocenters. The van der Waals surface area contributed by atoms with Crippen LogP contribution in [0.3, 0.4) is 0 Å². The van der Waals surface area contributed by atoms with Gasteiger partial charge in [-0.15, -0.1) is 0 Å². The molecule has 1 heterocycles. The molecule has 5 nitrogen and oxygen atoms in total. The fraction of sp³-hybridized carbons (Fsp3) is 0.333. The standard InChI is InChI=1S/C4H3FN2O2.C2H6O/c5-7-3(8)1-2-6-4(7)9;1-2-3/h1-2H,(H,6,9);3H,2H2,1H3. The van der Waals surface area contributed by atoms with Crippen LogP contribution in [-0.4, -0.2) is 21.5 Å². The third-order valence-corrected chi connectivity index (χ3v) is 0.805. The summed E-state index contributed by atoms with van der Waals surface area (Å²) >= 11 is 0. The minimum absolute atomic E-state index is 0.250. The molecule has 0 aliphatic rings. The van der Waals surface area contributed by atoms with Gasteiger partial charge in [0.05, 0.1) is 0 Å². The summed E-state index contributed by atoms with van der Waals surface area (Å²) < 4.78 is 12.0. The lowest BCUT2D eigenvalue weighted by atomic mass is 10.7. The molecular formula is C6H9FN2O3. The van der Waals surface area contributed by atoms with E-state index in [-0.39, 0.29) is 6.61 Å². The van der Waals surface area contributed by atoms with Crippen molar-refractivity contribution in [2.75, 3.05) is 6.61 Å². The highest BCUT2D eigenvalue weighted by atomic mass is 19.2. The summed E-state index contributed by atoms with van der Waals surface area (Å²) in [5.41, 5.74) is -2.01. The highest BCUT2D eigenvalue weighted by molar-refractivity contribution is 4.79. The number of nitrogens with zero attached hydrogens (tertiary/aromatic N) is 1. The van der Waals surface area contributed by atoms with Gasteiger partial charge in [0.1, 0.15) is 0 Å². The summed E-state index contributed by atoms with van der Waals surface area (Å²) in [6, 6.07) is 0.918. The number of aliphatic hydroxyl groups is 1. The van der Waals surface area contributed by atoms with Crippen molar-refractivity contribution in [1.82, 2.24) is 9.77 Å². The van der Waals surface area contributed by atoms with Gasteiger partial charge in [0.2, 0.25) is 0 Å². The first-order chi connectivity index (χ1) is 5.63. The van der Waals surface area contributed by atoms with E-state index in [0.29, 0.717) is 0 Å². The Morgan fingerprint density at radius 2 is 2.17 bits per heavy atom. The van der Waals surface area contributed by atoms with E-state index in [4.69, 9.17) is 5.11 Å². The van der Waals surface area contributed by atoms with Crippen molar-refractivity contribution < 1.29 is 9.59 Å². The van der Waals surface area contributed by atoms with E-state index in [0.717, 1.165) is 12.3 Å². The molecule has 0 bridgehead atoms. The van der Waals surface area contributed by atoms with Crippen LogP contribution >= 0.6 is 0 Å². The fourth-order valence-corrected chi connectivity index (χ4v) is 0.406. The number of aromatic amines is 1. The lowest BCUT2D eigenvalue weighted by molar-refractivity contribution is 0.318. The first kappa shape index (κ1) is 10.6. The minimum atomic E-state index is -1.05. The van der Waals surface area contributed by atoms with Gasteiger partial charge in [0.25, 0.3) is 5.56 Å². The molecule has 0 aliphatic carbocycles. The minimum Gasteiger partial charge on any atom is -0.397 e. The Morgan fingerprint density at radius 1 is 1.67 bits per heavy atom. The third-order valence-electron chi connectivity index (χ3n) is 0.805. The molecule has 68 valence electrons. The van der Waals surface area contributed by atoms with Crippen LogP contribution in [0.5, 0.6) is 0 Å². The molecule has 6 heteroatoms. The summed E-state index contributed by atoms with van der Waals surface area (Å²) in [5, 5.41) is 7.57. The monoisotopic (exact) mass is 176 g/mol. The van der Waals surface area contributed by atoms with Gasteiger partial charge < -0.3 is 10.1 Å². The van der Waals surface area contributed by atoms with E-state index in [1.54, 1.807) is 6.92 Å². The average molecular weight is 176 g/mol. The lowest BCUT2D eigenvalue weighted by Crippen LogP contribution is -2.28. The molecule has 0 saturated carbocycles. The number of halogens is 1. The Bertz CT molecular complexity index is 302. The molecule has 1 rings (SSSR count). The highest BCUT2D eigenvalue weighted by Crippen LogP contribution is 1.62. The van der Waals surface area contributed by atoms with Gasteiger partial charge in [-0.3, -0.25) is 4.79 Å². The lowest BCUT2D eigenvalue weighted by Gasteiger charge is -1.83. The number of hydrogen-bond acceptors (Lipinski definition) is 3. The summed E-state index contributed by atoms with van der Waals surface area (Å²) in [6.45, 7) is 1.93. The van der Waals surface area contributed by atoms with Gasteiger partial charge in [-0.05, 0) is 6.92 Å². The molecular weight excluding hydrogens is 167 g/mol. The van der Waals surface area contributed by atoms with E-state index in [1.165, 1.54) is 0 Å². The van der Waals surface area contributed by atoms with Gasteiger partial charge in [0.15, 0.2) is 0 Å². The first-order valence-electron chi connectivity index (χ1n) is 3.21. The Hall–Kier alpha value is -1.43. The van der Waals surface area contributed by atoms with Crippen LogP contribution in [0.4, 0.5) is 4.48 Å². The molecule has 1 aromatic rings. The van der Waals surface area contributed by atoms with Gasteiger partial charge in [-0.1, -0.05) is 9.27 Å². The van der Waals surface area contributed by atoms with Crippen molar-refractivity contribution in [3.8, 4) is 0 Å². The zero-order valence-corrected chi connectivity index (χ0v) is 6.45. The van der Waals surface area contributed by atoms with Gasteiger partial charge in [0, 0.05) is 18.9 Å². The maximum Gasteiger partial charge on any atom is 0.357 e. The predicted octanol–water partition coefficient (Wildman–Crippen LogP) is -0.732. The van der Waals surface area contributed by atoms with Gasteiger partial charge in [-0.25, -0.2) is 4.79 Å². The normalized spacial score (nSPS) is 8.58. The van der Waals surface area contributed by atoms with Crippen molar-refractivity contribution in [2.24, 2.45) is 0 Å².